The van der Waals surface area contributed by atoms with Crippen molar-refractivity contribution in [2.45, 2.75) is 58.8 Å². The molecular formula is C14H25F3N2O3. The van der Waals surface area contributed by atoms with E-state index in [9.17, 15) is 22.8 Å². The fraction of sp³-hybridized carbons (Fsp3) is 0.857. The van der Waals surface area contributed by atoms with Crippen LogP contribution in [0.25, 0.3) is 0 Å². The number of hydrogen-bond donors (Lipinski definition) is 2. The molecule has 0 aliphatic carbocycles. The molecule has 0 heterocycles. The summed E-state index contributed by atoms with van der Waals surface area (Å²) in [6.07, 6.45) is -4.73. The summed E-state index contributed by atoms with van der Waals surface area (Å²) in [6.45, 7) is 5.64. The minimum atomic E-state index is -4.47. The third-order valence-electron chi connectivity index (χ3n) is 3.34. The number of ether oxygens (including phenoxy) is 1. The highest BCUT2D eigenvalue weighted by molar-refractivity contribution is 5.87. The van der Waals surface area contributed by atoms with Crippen LogP contribution in [0, 0.1) is 11.3 Å². The molecule has 0 radical (unpaired) electrons. The van der Waals surface area contributed by atoms with Crippen molar-refractivity contribution in [1.29, 1.82) is 0 Å². The molecule has 0 aromatic heterocycles. The Morgan fingerprint density at radius 1 is 1.23 bits per heavy atom. The molecule has 8 heteroatoms. The van der Waals surface area contributed by atoms with Gasteiger partial charge in [0.05, 0.1) is 18.6 Å². The van der Waals surface area contributed by atoms with E-state index in [0.29, 0.717) is 6.42 Å². The average Bonchev–Trinajstić information content (AvgIpc) is 2.34. The Balaban J connectivity index is 4.84. The molecule has 22 heavy (non-hydrogen) atoms. The fourth-order valence-corrected chi connectivity index (χ4v) is 1.86. The lowest BCUT2D eigenvalue weighted by Gasteiger charge is -2.30. The van der Waals surface area contributed by atoms with Crippen molar-refractivity contribution < 1.29 is 27.5 Å². The summed E-state index contributed by atoms with van der Waals surface area (Å²) in [7, 11) is 1.18. The minimum Gasteiger partial charge on any atom is -0.467 e. The zero-order valence-electron chi connectivity index (χ0n) is 13.6. The van der Waals surface area contributed by atoms with Gasteiger partial charge in [0.15, 0.2) is 0 Å². The minimum absolute atomic E-state index is 0.0900. The van der Waals surface area contributed by atoms with E-state index in [0.717, 1.165) is 13.8 Å². The molecule has 130 valence electrons. The zero-order chi connectivity index (χ0) is 17.7. The number of nitrogens with two attached hydrogens (primary N) is 1. The van der Waals surface area contributed by atoms with Gasteiger partial charge in [0.1, 0.15) is 6.04 Å². The fourth-order valence-electron chi connectivity index (χ4n) is 1.86. The van der Waals surface area contributed by atoms with Gasteiger partial charge in [-0.3, -0.25) is 4.79 Å². The van der Waals surface area contributed by atoms with Gasteiger partial charge in [-0.1, -0.05) is 27.7 Å². The maximum absolute atomic E-state index is 12.8. The number of hydrogen-bond acceptors (Lipinski definition) is 4. The maximum Gasteiger partial charge on any atom is 0.394 e. The Kier molecular flexibility index (Phi) is 7.34. The van der Waals surface area contributed by atoms with E-state index in [-0.39, 0.29) is 5.92 Å². The van der Waals surface area contributed by atoms with Gasteiger partial charge in [0.25, 0.3) is 0 Å². The van der Waals surface area contributed by atoms with Gasteiger partial charge < -0.3 is 15.8 Å². The monoisotopic (exact) mass is 326 g/mol. The Morgan fingerprint density at radius 3 is 2.09 bits per heavy atom. The van der Waals surface area contributed by atoms with Crippen LogP contribution in [-0.2, 0) is 14.3 Å². The van der Waals surface area contributed by atoms with Crippen molar-refractivity contribution in [3.05, 3.63) is 0 Å². The summed E-state index contributed by atoms with van der Waals surface area (Å²) in [5.41, 5.74) is 3.46. The van der Waals surface area contributed by atoms with Crippen molar-refractivity contribution in [2.24, 2.45) is 17.1 Å². The predicted octanol–water partition coefficient (Wildman–Crippen LogP) is 2.00. The second kappa shape index (κ2) is 7.80. The Labute approximate surface area is 128 Å². The number of methoxy groups -OCH3 is 1. The lowest BCUT2D eigenvalue weighted by atomic mass is 9.85. The number of halogens is 3. The van der Waals surface area contributed by atoms with Gasteiger partial charge in [-0.15, -0.1) is 0 Å². The smallest absolute Gasteiger partial charge is 0.394 e. The molecule has 2 atom stereocenters. The third-order valence-corrected chi connectivity index (χ3v) is 3.34. The quantitative estimate of drug-likeness (QED) is 0.701. The highest BCUT2D eigenvalue weighted by Crippen LogP contribution is 2.40. The van der Waals surface area contributed by atoms with Crippen LogP contribution in [0.1, 0.15) is 40.5 Å². The number of esters is 1. The molecule has 0 aromatic rings. The molecule has 5 nitrogen and oxygen atoms in total. The summed E-state index contributed by atoms with van der Waals surface area (Å²) in [5, 5.41) is 2.37. The van der Waals surface area contributed by atoms with Gasteiger partial charge in [-0.2, -0.15) is 13.2 Å². The van der Waals surface area contributed by atoms with Gasteiger partial charge in [0.2, 0.25) is 5.91 Å². The van der Waals surface area contributed by atoms with Gasteiger partial charge >= 0.3 is 12.1 Å². The van der Waals surface area contributed by atoms with Crippen molar-refractivity contribution in [2.75, 3.05) is 7.11 Å². The highest BCUT2D eigenvalue weighted by atomic mass is 19.4. The number of carbonyl (C=O) groups is 2. The highest BCUT2D eigenvalue weighted by Gasteiger charge is 2.48. The van der Waals surface area contributed by atoms with E-state index in [1.54, 1.807) is 0 Å². The number of amides is 1. The van der Waals surface area contributed by atoms with Crippen LogP contribution in [0.15, 0.2) is 0 Å². The predicted molar refractivity (Wildman–Crippen MR) is 75.8 cm³/mol. The molecule has 0 bridgehead atoms. The molecule has 0 saturated carbocycles. The average molecular weight is 326 g/mol. The number of carbonyl (C=O) groups excluding carboxylic acids is 2. The Hall–Kier alpha value is -1.31. The van der Waals surface area contributed by atoms with Crippen molar-refractivity contribution in [1.82, 2.24) is 5.32 Å². The molecule has 0 fully saturated rings. The first-order chi connectivity index (χ1) is 9.81. The molecule has 1 amide bonds. The SMILES string of the molecule is COC(=O)[C@H](CC(C)C)NC(=O)[C@H](N)CC(C)(C)C(F)(F)F. The van der Waals surface area contributed by atoms with Crippen LogP contribution in [0.4, 0.5) is 13.2 Å². The van der Waals surface area contributed by atoms with Crippen molar-refractivity contribution in [3.63, 3.8) is 0 Å². The molecule has 0 aliphatic rings. The second-order valence-electron chi connectivity index (χ2n) is 6.41. The molecule has 0 aromatic carbocycles. The van der Waals surface area contributed by atoms with E-state index >= 15 is 0 Å². The van der Waals surface area contributed by atoms with Crippen LogP contribution >= 0.6 is 0 Å². The number of rotatable bonds is 7. The lowest BCUT2D eigenvalue weighted by Crippen LogP contribution is -2.51. The zero-order valence-corrected chi connectivity index (χ0v) is 13.6. The summed E-state index contributed by atoms with van der Waals surface area (Å²) in [6, 6.07) is -2.28. The summed E-state index contributed by atoms with van der Waals surface area (Å²) < 4.78 is 43.0. The van der Waals surface area contributed by atoms with E-state index < -0.39 is 42.0 Å². The van der Waals surface area contributed by atoms with Crippen LogP contribution < -0.4 is 11.1 Å². The standard InChI is InChI=1S/C14H25F3N2O3/c1-8(2)6-10(12(21)22-5)19-11(20)9(18)7-13(3,4)14(15,16)17/h8-10H,6-7,18H2,1-5H3,(H,19,20)/t9-,10+/m1/s1. The number of alkyl halides is 3. The summed E-state index contributed by atoms with van der Waals surface area (Å²) in [4.78, 5) is 23.5. The van der Waals surface area contributed by atoms with E-state index in [2.05, 4.69) is 10.1 Å². The largest absolute Gasteiger partial charge is 0.467 e. The first kappa shape index (κ1) is 20.7. The van der Waals surface area contributed by atoms with Crippen LogP contribution in [0.5, 0.6) is 0 Å². The first-order valence-electron chi connectivity index (χ1n) is 7.02. The summed E-state index contributed by atoms with van der Waals surface area (Å²) in [5.74, 6) is -1.36. The van der Waals surface area contributed by atoms with E-state index in [1.165, 1.54) is 7.11 Å². The van der Waals surface area contributed by atoms with E-state index in [1.807, 2.05) is 13.8 Å². The third kappa shape index (κ3) is 6.21. The first-order valence-corrected chi connectivity index (χ1v) is 7.02. The number of nitrogens with one attached hydrogen (secondary N) is 1. The topological polar surface area (TPSA) is 81.4 Å². The molecule has 3 N–H and O–H groups in total. The van der Waals surface area contributed by atoms with Crippen molar-refractivity contribution >= 4 is 11.9 Å². The van der Waals surface area contributed by atoms with Gasteiger partial charge in [-0.05, 0) is 18.8 Å². The molecule has 0 unspecified atom stereocenters. The van der Waals surface area contributed by atoms with Crippen LogP contribution in [0.2, 0.25) is 0 Å². The van der Waals surface area contributed by atoms with Gasteiger partial charge in [0, 0.05) is 0 Å². The van der Waals surface area contributed by atoms with Crippen molar-refractivity contribution in [3.8, 4) is 0 Å². The van der Waals surface area contributed by atoms with Gasteiger partial charge in [-0.25, -0.2) is 4.79 Å². The van der Waals surface area contributed by atoms with E-state index in [4.69, 9.17) is 5.73 Å². The Morgan fingerprint density at radius 2 is 1.73 bits per heavy atom. The lowest BCUT2D eigenvalue weighted by molar-refractivity contribution is -0.214. The van der Waals surface area contributed by atoms with Crippen LogP contribution in [-0.4, -0.2) is 37.2 Å². The molecular weight excluding hydrogens is 301 g/mol. The second-order valence-corrected chi connectivity index (χ2v) is 6.41. The normalized spacial score (nSPS) is 15.4. The summed E-state index contributed by atoms with van der Waals surface area (Å²) >= 11 is 0. The Bertz CT molecular complexity index is 395. The molecule has 0 aliphatic heterocycles. The molecule has 0 saturated heterocycles. The maximum atomic E-state index is 12.8. The molecule has 0 rings (SSSR count). The molecule has 0 spiro atoms. The van der Waals surface area contributed by atoms with Crippen LogP contribution in [0.3, 0.4) is 0 Å².